The summed E-state index contributed by atoms with van der Waals surface area (Å²) in [5.41, 5.74) is 2.64. The van der Waals surface area contributed by atoms with Crippen LogP contribution in [-0.4, -0.2) is 17.0 Å². The van der Waals surface area contributed by atoms with Gasteiger partial charge in [0.2, 0.25) is 0 Å². The van der Waals surface area contributed by atoms with Gasteiger partial charge >= 0.3 is 0 Å². The van der Waals surface area contributed by atoms with E-state index in [-0.39, 0.29) is 6.10 Å². The maximum atomic E-state index is 10.1. The Morgan fingerprint density at radius 3 is 2.55 bits per heavy atom. The smallest absolute Gasteiger partial charge is 0.162 e. The molecule has 0 amide bonds. The van der Waals surface area contributed by atoms with Crippen LogP contribution in [0.4, 0.5) is 0 Å². The average molecular weight is 304 g/mol. The van der Waals surface area contributed by atoms with Crippen molar-refractivity contribution in [3.8, 4) is 0 Å². The number of rotatable bonds is 9. The van der Waals surface area contributed by atoms with Crippen molar-refractivity contribution < 1.29 is 9.84 Å². The van der Waals surface area contributed by atoms with Crippen molar-refractivity contribution in [1.82, 2.24) is 0 Å². The molecule has 22 heavy (non-hydrogen) atoms. The van der Waals surface area contributed by atoms with Gasteiger partial charge in [0.25, 0.3) is 0 Å². The van der Waals surface area contributed by atoms with E-state index in [2.05, 4.69) is 50.3 Å². The van der Waals surface area contributed by atoms with Crippen molar-refractivity contribution in [3.05, 3.63) is 41.5 Å². The first kappa shape index (κ1) is 18.9. The van der Waals surface area contributed by atoms with E-state index >= 15 is 0 Å². The Balaban J connectivity index is 2.31. The first-order valence-electron chi connectivity index (χ1n) is 8.47. The van der Waals surface area contributed by atoms with E-state index in [0.717, 1.165) is 19.3 Å². The highest BCUT2D eigenvalue weighted by Crippen LogP contribution is 2.19. The monoisotopic (exact) mass is 304 g/mol. The minimum atomic E-state index is -0.997. The highest BCUT2D eigenvalue weighted by Gasteiger charge is 2.21. The minimum absolute atomic E-state index is 0.0585. The number of aliphatic hydroxyl groups is 1. The van der Waals surface area contributed by atoms with Gasteiger partial charge in [-0.15, -0.1) is 0 Å². The SMILES string of the molecule is CC(C)O[C@](C)(O)CCCC/C=C/c1cccc(C(C)C)c1. The van der Waals surface area contributed by atoms with Gasteiger partial charge in [-0.05, 0) is 57.1 Å². The van der Waals surface area contributed by atoms with Gasteiger partial charge in [0.1, 0.15) is 0 Å². The molecule has 0 heterocycles. The average Bonchev–Trinajstić information content (AvgIpc) is 2.41. The maximum absolute atomic E-state index is 10.1. The van der Waals surface area contributed by atoms with Crippen molar-refractivity contribution in [3.63, 3.8) is 0 Å². The Morgan fingerprint density at radius 2 is 1.91 bits per heavy atom. The second kappa shape index (κ2) is 9.12. The van der Waals surface area contributed by atoms with Crippen molar-refractivity contribution in [2.75, 3.05) is 0 Å². The van der Waals surface area contributed by atoms with E-state index in [1.165, 1.54) is 11.1 Å². The lowest BCUT2D eigenvalue weighted by atomic mass is 10.0. The van der Waals surface area contributed by atoms with Crippen LogP contribution < -0.4 is 0 Å². The fourth-order valence-electron chi connectivity index (χ4n) is 2.52. The number of ether oxygens (including phenoxy) is 1. The summed E-state index contributed by atoms with van der Waals surface area (Å²) >= 11 is 0. The van der Waals surface area contributed by atoms with Crippen LogP contribution in [0.5, 0.6) is 0 Å². The van der Waals surface area contributed by atoms with Gasteiger partial charge in [-0.3, -0.25) is 0 Å². The van der Waals surface area contributed by atoms with Gasteiger partial charge in [-0.25, -0.2) is 0 Å². The molecule has 1 aromatic rings. The summed E-state index contributed by atoms with van der Waals surface area (Å²) in [5, 5.41) is 10.1. The summed E-state index contributed by atoms with van der Waals surface area (Å²) in [5.74, 6) is -0.430. The summed E-state index contributed by atoms with van der Waals surface area (Å²) in [6.07, 6.45) is 8.22. The molecule has 0 aliphatic rings. The quantitative estimate of drug-likeness (QED) is 0.481. The first-order chi connectivity index (χ1) is 10.3. The van der Waals surface area contributed by atoms with Crippen LogP contribution in [0.25, 0.3) is 6.08 Å². The van der Waals surface area contributed by atoms with E-state index in [4.69, 9.17) is 4.74 Å². The molecule has 0 spiro atoms. The number of unbranched alkanes of at least 4 members (excludes halogenated alkanes) is 2. The fraction of sp³-hybridized carbons (Fsp3) is 0.600. The molecule has 0 aliphatic heterocycles. The summed E-state index contributed by atoms with van der Waals surface area (Å²) in [6.45, 7) is 10.1. The predicted molar refractivity (Wildman–Crippen MR) is 94.9 cm³/mol. The van der Waals surface area contributed by atoms with Crippen molar-refractivity contribution >= 4 is 6.08 Å². The Kier molecular flexibility index (Phi) is 7.84. The van der Waals surface area contributed by atoms with Gasteiger partial charge in [-0.1, -0.05) is 50.3 Å². The predicted octanol–water partition coefficient (Wildman–Crippen LogP) is 5.52. The molecule has 0 fully saturated rings. The summed E-state index contributed by atoms with van der Waals surface area (Å²) < 4.78 is 5.49. The molecule has 0 bridgehead atoms. The lowest BCUT2D eigenvalue weighted by Crippen LogP contribution is -2.31. The van der Waals surface area contributed by atoms with Gasteiger partial charge in [-0.2, -0.15) is 0 Å². The van der Waals surface area contributed by atoms with E-state index in [1.807, 2.05) is 13.8 Å². The van der Waals surface area contributed by atoms with E-state index in [9.17, 15) is 5.11 Å². The molecular formula is C20H32O2. The van der Waals surface area contributed by atoms with Crippen molar-refractivity contribution in [1.29, 1.82) is 0 Å². The second-order valence-corrected chi connectivity index (χ2v) is 6.81. The van der Waals surface area contributed by atoms with E-state index in [0.29, 0.717) is 12.3 Å². The number of hydrogen-bond acceptors (Lipinski definition) is 2. The normalized spacial score (nSPS) is 14.9. The summed E-state index contributed by atoms with van der Waals surface area (Å²) in [7, 11) is 0. The molecule has 1 aromatic carbocycles. The van der Waals surface area contributed by atoms with Crippen LogP contribution in [-0.2, 0) is 4.74 Å². The van der Waals surface area contributed by atoms with Gasteiger partial charge < -0.3 is 9.84 Å². The molecule has 1 atom stereocenters. The van der Waals surface area contributed by atoms with Gasteiger partial charge in [0.05, 0.1) is 6.10 Å². The molecule has 1 rings (SSSR count). The fourth-order valence-corrected chi connectivity index (χ4v) is 2.52. The molecular weight excluding hydrogens is 272 g/mol. The van der Waals surface area contributed by atoms with Crippen LogP contribution in [0.2, 0.25) is 0 Å². The summed E-state index contributed by atoms with van der Waals surface area (Å²) in [6, 6.07) is 8.69. The lowest BCUT2D eigenvalue weighted by molar-refractivity contribution is -0.214. The third-order valence-corrected chi connectivity index (χ3v) is 3.64. The molecule has 2 heteroatoms. The first-order valence-corrected chi connectivity index (χ1v) is 8.47. The number of hydrogen-bond donors (Lipinski definition) is 1. The second-order valence-electron chi connectivity index (χ2n) is 6.81. The highest BCUT2D eigenvalue weighted by molar-refractivity contribution is 5.50. The number of benzene rings is 1. The minimum Gasteiger partial charge on any atom is -0.366 e. The van der Waals surface area contributed by atoms with Crippen LogP contribution in [0.1, 0.15) is 77.3 Å². The largest absolute Gasteiger partial charge is 0.366 e. The highest BCUT2D eigenvalue weighted by atomic mass is 16.6. The molecule has 1 N–H and O–H groups in total. The molecule has 0 aromatic heterocycles. The molecule has 0 unspecified atom stereocenters. The Labute approximate surface area is 136 Å². The van der Waals surface area contributed by atoms with Crippen LogP contribution in [0.3, 0.4) is 0 Å². The molecule has 0 aliphatic carbocycles. The Morgan fingerprint density at radius 1 is 1.18 bits per heavy atom. The zero-order chi connectivity index (χ0) is 16.6. The molecule has 0 saturated carbocycles. The Hall–Kier alpha value is -1.12. The third kappa shape index (κ3) is 7.77. The molecule has 0 radical (unpaired) electrons. The van der Waals surface area contributed by atoms with Gasteiger partial charge in [0.15, 0.2) is 5.79 Å². The topological polar surface area (TPSA) is 29.5 Å². The van der Waals surface area contributed by atoms with E-state index in [1.54, 1.807) is 6.92 Å². The summed E-state index contributed by atoms with van der Waals surface area (Å²) in [4.78, 5) is 0. The third-order valence-electron chi connectivity index (χ3n) is 3.64. The van der Waals surface area contributed by atoms with Crippen LogP contribution in [0, 0.1) is 0 Å². The zero-order valence-corrected chi connectivity index (χ0v) is 14.8. The molecule has 124 valence electrons. The van der Waals surface area contributed by atoms with Crippen molar-refractivity contribution in [2.24, 2.45) is 0 Å². The van der Waals surface area contributed by atoms with Gasteiger partial charge in [0, 0.05) is 6.42 Å². The van der Waals surface area contributed by atoms with Crippen LogP contribution in [0.15, 0.2) is 30.3 Å². The lowest BCUT2D eigenvalue weighted by Gasteiger charge is -2.26. The maximum Gasteiger partial charge on any atom is 0.162 e. The number of allylic oxidation sites excluding steroid dienone is 1. The Bertz CT molecular complexity index is 459. The molecule has 2 nitrogen and oxygen atoms in total. The van der Waals surface area contributed by atoms with E-state index < -0.39 is 5.79 Å². The standard InChI is InChI=1S/C20H32O2/c1-16(2)19-13-10-12-18(15-19)11-8-6-7-9-14-20(5,21)22-17(3)4/h8,10-13,15-17,21H,6-7,9,14H2,1-5H3/b11-8+/t20-/m0/s1. The van der Waals surface area contributed by atoms with Crippen LogP contribution >= 0.6 is 0 Å². The molecule has 0 saturated heterocycles. The zero-order valence-electron chi connectivity index (χ0n) is 14.8. The van der Waals surface area contributed by atoms with Crippen molar-refractivity contribution in [2.45, 2.75) is 78.1 Å².